The van der Waals surface area contributed by atoms with Crippen LogP contribution in [-0.4, -0.2) is 60.9 Å². The van der Waals surface area contributed by atoms with E-state index < -0.39 is 5.41 Å². The molecule has 0 aromatic carbocycles. The number of carbonyl (C=O) groups is 1. The average Bonchev–Trinajstić information content (AvgIpc) is 2.98. The van der Waals surface area contributed by atoms with Gasteiger partial charge in [0.1, 0.15) is 0 Å². The van der Waals surface area contributed by atoms with E-state index in [-0.39, 0.29) is 12.5 Å². The molecule has 22 heavy (non-hydrogen) atoms. The van der Waals surface area contributed by atoms with Gasteiger partial charge in [0.15, 0.2) is 0 Å². The molecule has 0 aliphatic carbocycles. The molecule has 1 unspecified atom stereocenters. The zero-order chi connectivity index (χ0) is 15.8. The number of amides is 1. The van der Waals surface area contributed by atoms with Crippen LogP contribution in [0.3, 0.4) is 0 Å². The number of aliphatic hydroxyl groups excluding tert-OH is 1. The third-order valence-corrected chi connectivity index (χ3v) is 4.07. The number of anilines is 1. The van der Waals surface area contributed by atoms with Gasteiger partial charge in [-0.15, -0.1) is 0 Å². The summed E-state index contributed by atoms with van der Waals surface area (Å²) in [6.45, 7) is 2.46. The molecule has 1 atom stereocenters. The van der Waals surface area contributed by atoms with E-state index in [0.717, 1.165) is 13.0 Å². The minimum atomic E-state index is -0.568. The molecule has 122 valence electrons. The topological polar surface area (TPSA) is 87.6 Å². The fourth-order valence-corrected chi connectivity index (χ4v) is 2.82. The summed E-state index contributed by atoms with van der Waals surface area (Å²) in [5.74, 6) is 0.630. The Balaban J connectivity index is 1.99. The van der Waals surface area contributed by atoms with Gasteiger partial charge in [0.25, 0.3) is 0 Å². The summed E-state index contributed by atoms with van der Waals surface area (Å²) in [5.41, 5.74) is -0.568. The molecule has 7 nitrogen and oxygen atoms in total. The van der Waals surface area contributed by atoms with Gasteiger partial charge < -0.3 is 20.1 Å². The van der Waals surface area contributed by atoms with Gasteiger partial charge in [-0.1, -0.05) is 0 Å². The maximum absolute atomic E-state index is 12.6. The lowest BCUT2D eigenvalue weighted by Crippen LogP contribution is -2.44. The predicted octanol–water partition coefficient (Wildman–Crippen LogP) is 0.208. The third kappa shape index (κ3) is 3.92. The van der Waals surface area contributed by atoms with Crippen molar-refractivity contribution in [3.8, 4) is 0 Å². The maximum atomic E-state index is 12.6. The van der Waals surface area contributed by atoms with Gasteiger partial charge in [-0.25, -0.2) is 9.97 Å². The van der Waals surface area contributed by atoms with Crippen LogP contribution in [0, 0.1) is 5.41 Å². The first kappa shape index (κ1) is 16.6. The number of hydrogen-bond acceptors (Lipinski definition) is 6. The van der Waals surface area contributed by atoms with Crippen molar-refractivity contribution in [3.63, 3.8) is 0 Å². The second-order valence-corrected chi connectivity index (χ2v) is 5.58. The highest BCUT2D eigenvalue weighted by Gasteiger charge is 2.44. The van der Waals surface area contributed by atoms with Crippen molar-refractivity contribution in [1.82, 2.24) is 15.3 Å². The number of carbonyl (C=O) groups excluding carboxylic acids is 1. The molecular weight excluding hydrogens is 284 g/mol. The number of ether oxygens (including phenoxy) is 1. The molecule has 1 aromatic rings. The summed E-state index contributed by atoms with van der Waals surface area (Å²) in [4.78, 5) is 23.0. The molecule has 1 fully saturated rings. The van der Waals surface area contributed by atoms with Gasteiger partial charge >= 0.3 is 0 Å². The zero-order valence-electron chi connectivity index (χ0n) is 13.0. The molecule has 2 N–H and O–H groups in total. The molecule has 1 aromatic heterocycles. The van der Waals surface area contributed by atoms with Crippen LogP contribution in [0.5, 0.6) is 0 Å². The van der Waals surface area contributed by atoms with Gasteiger partial charge in [0.05, 0.1) is 5.41 Å². The number of nitrogens with one attached hydrogen (secondary N) is 1. The Bertz CT molecular complexity index is 471. The van der Waals surface area contributed by atoms with Crippen LogP contribution < -0.4 is 10.2 Å². The van der Waals surface area contributed by atoms with Crippen LogP contribution in [0.4, 0.5) is 5.95 Å². The van der Waals surface area contributed by atoms with Crippen molar-refractivity contribution < 1.29 is 14.6 Å². The fraction of sp³-hybridized carbons (Fsp3) is 0.667. The lowest BCUT2D eigenvalue weighted by atomic mass is 9.82. The summed E-state index contributed by atoms with van der Waals surface area (Å²) in [6.07, 6.45) is 5.32. The van der Waals surface area contributed by atoms with E-state index in [1.54, 1.807) is 25.6 Å². The Hall–Kier alpha value is -1.73. The molecule has 0 radical (unpaired) electrons. The number of hydrogen-bond donors (Lipinski definition) is 2. The van der Waals surface area contributed by atoms with Gasteiger partial charge in [0.2, 0.25) is 11.9 Å². The first-order valence-corrected chi connectivity index (χ1v) is 7.62. The minimum Gasteiger partial charge on any atom is -0.396 e. The standard InChI is InChI=1S/C15H24N4O3/c1-22-11-3-8-16-13(21)15(5-10-20)4-9-19(12-15)14-17-6-2-7-18-14/h2,6-7,20H,3-5,8-12H2,1H3,(H,16,21). The predicted molar refractivity (Wildman–Crippen MR) is 82.5 cm³/mol. The van der Waals surface area contributed by atoms with Crippen molar-refractivity contribution in [2.75, 3.05) is 44.9 Å². The Morgan fingerprint density at radius 1 is 1.50 bits per heavy atom. The van der Waals surface area contributed by atoms with Crippen LogP contribution in [-0.2, 0) is 9.53 Å². The van der Waals surface area contributed by atoms with Gasteiger partial charge in [0, 0.05) is 52.4 Å². The number of aliphatic hydroxyl groups is 1. The minimum absolute atomic E-state index is 0.00363. The van der Waals surface area contributed by atoms with E-state index in [0.29, 0.717) is 38.5 Å². The van der Waals surface area contributed by atoms with E-state index in [4.69, 9.17) is 4.74 Å². The van der Waals surface area contributed by atoms with E-state index in [9.17, 15) is 9.90 Å². The zero-order valence-corrected chi connectivity index (χ0v) is 13.0. The molecular formula is C15H24N4O3. The van der Waals surface area contributed by atoms with Crippen molar-refractivity contribution in [2.24, 2.45) is 5.41 Å². The summed E-state index contributed by atoms with van der Waals surface area (Å²) < 4.78 is 4.98. The fourth-order valence-electron chi connectivity index (χ4n) is 2.82. The second kappa shape index (κ2) is 8.05. The summed E-state index contributed by atoms with van der Waals surface area (Å²) in [7, 11) is 1.64. The Morgan fingerprint density at radius 3 is 2.95 bits per heavy atom. The third-order valence-electron chi connectivity index (χ3n) is 4.07. The first-order chi connectivity index (χ1) is 10.7. The van der Waals surface area contributed by atoms with Gasteiger partial charge in [-0.3, -0.25) is 4.79 Å². The van der Waals surface area contributed by atoms with Crippen LogP contribution in [0.25, 0.3) is 0 Å². The normalized spacial score (nSPS) is 21.1. The molecule has 0 spiro atoms. The smallest absolute Gasteiger partial charge is 0.228 e. The van der Waals surface area contributed by atoms with Crippen LogP contribution in [0.1, 0.15) is 19.3 Å². The van der Waals surface area contributed by atoms with Crippen LogP contribution in [0.2, 0.25) is 0 Å². The summed E-state index contributed by atoms with van der Waals surface area (Å²) in [6, 6.07) is 1.77. The quantitative estimate of drug-likeness (QED) is 0.668. The Labute approximate surface area is 130 Å². The number of aromatic nitrogens is 2. The van der Waals surface area contributed by atoms with Gasteiger partial charge in [-0.05, 0) is 25.3 Å². The summed E-state index contributed by atoms with van der Waals surface area (Å²) in [5, 5.41) is 12.3. The molecule has 1 saturated heterocycles. The largest absolute Gasteiger partial charge is 0.396 e. The van der Waals surface area contributed by atoms with Gasteiger partial charge in [-0.2, -0.15) is 0 Å². The van der Waals surface area contributed by atoms with Crippen molar-refractivity contribution in [3.05, 3.63) is 18.5 Å². The molecule has 1 aliphatic heterocycles. The number of methoxy groups -OCH3 is 1. The summed E-state index contributed by atoms with van der Waals surface area (Å²) >= 11 is 0. The molecule has 7 heteroatoms. The highest BCUT2D eigenvalue weighted by atomic mass is 16.5. The molecule has 1 aliphatic rings. The average molecular weight is 308 g/mol. The van der Waals surface area contributed by atoms with E-state index >= 15 is 0 Å². The van der Waals surface area contributed by atoms with Crippen molar-refractivity contribution in [2.45, 2.75) is 19.3 Å². The van der Waals surface area contributed by atoms with E-state index in [1.165, 1.54) is 0 Å². The molecule has 0 saturated carbocycles. The first-order valence-electron chi connectivity index (χ1n) is 7.62. The monoisotopic (exact) mass is 308 g/mol. The Kier molecular flexibility index (Phi) is 6.09. The van der Waals surface area contributed by atoms with Crippen LogP contribution in [0.15, 0.2) is 18.5 Å². The second-order valence-electron chi connectivity index (χ2n) is 5.58. The number of rotatable bonds is 8. The molecule has 2 heterocycles. The maximum Gasteiger partial charge on any atom is 0.228 e. The molecule has 1 amide bonds. The number of nitrogens with zero attached hydrogens (tertiary/aromatic N) is 3. The molecule has 0 bridgehead atoms. The lowest BCUT2D eigenvalue weighted by molar-refractivity contribution is -0.130. The highest BCUT2D eigenvalue weighted by molar-refractivity contribution is 5.84. The van der Waals surface area contributed by atoms with Crippen molar-refractivity contribution in [1.29, 1.82) is 0 Å². The van der Waals surface area contributed by atoms with E-state index in [1.807, 2.05) is 4.90 Å². The lowest BCUT2D eigenvalue weighted by Gasteiger charge is -2.27. The SMILES string of the molecule is COCCCNC(=O)C1(CCO)CCN(c2ncccn2)C1. The molecule has 2 rings (SSSR count). The van der Waals surface area contributed by atoms with Crippen molar-refractivity contribution >= 4 is 11.9 Å². The highest BCUT2D eigenvalue weighted by Crippen LogP contribution is 2.35. The van der Waals surface area contributed by atoms with E-state index in [2.05, 4.69) is 15.3 Å². The van der Waals surface area contributed by atoms with Crippen LogP contribution >= 0.6 is 0 Å². The Morgan fingerprint density at radius 2 is 2.27 bits per heavy atom.